The van der Waals surface area contributed by atoms with Gasteiger partial charge in [-0.2, -0.15) is 0 Å². The lowest BCUT2D eigenvalue weighted by atomic mass is 9.81. The van der Waals surface area contributed by atoms with E-state index < -0.39 is 0 Å². The third-order valence-electron chi connectivity index (χ3n) is 5.79. The quantitative estimate of drug-likeness (QED) is 0.774. The number of carbonyl (C=O) groups is 1. The van der Waals surface area contributed by atoms with E-state index in [2.05, 4.69) is 39.9 Å². The van der Waals surface area contributed by atoms with Gasteiger partial charge >= 0.3 is 6.03 Å². The molecule has 2 fully saturated rings. The van der Waals surface area contributed by atoms with Gasteiger partial charge in [0.05, 0.1) is 18.6 Å². The minimum atomic E-state index is 0.134. The van der Waals surface area contributed by atoms with Crippen molar-refractivity contribution in [1.82, 2.24) is 10.2 Å². The molecule has 0 radical (unpaired) electrons. The first-order valence-electron chi connectivity index (χ1n) is 9.88. The molecule has 4 atom stereocenters. The molecule has 0 aliphatic carbocycles. The molecule has 0 aromatic carbocycles. The molecular weight excluding hydrogens is 286 g/mol. The van der Waals surface area contributed by atoms with Crippen LogP contribution in [0.15, 0.2) is 0 Å². The number of fused-ring (bicyclic) bond motifs is 2. The van der Waals surface area contributed by atoms with Gasteiger partial charge in [0.1, 0.15) is 0 Å². The molecule has 0 saturated carbocycles. The lowest BCUT2D eigenvalue weighted by Crippen LogP contribution is -3.21. The second-order valence-electron chi connectivity index (χ2n) is 8.22. The van der Waals surface area contributed by atoms with Crippen LogP contribution in [-0.2, 0) is 0 Å². The molecule has 2 amide bonds. The minimum Gasteiger partial charge on any atom is -0.335 e. The zero-order valence-electron chi connectivity index (χ0n) is 15.9. The normalized spacial score (nSPS) is 30.6. The number of quaternary nitrogens is 1. The first-order valence-corrected chi connectivity index (χ1v) is 9.88. The first-order chi connectivity index (χ1) is 10.9. The van der Waals surface area contributed by atoms with Crippen molar-refractivity contribution in [3.8, 4) is 0 Å². The van der Waals surface area contributed by atoms with Crippen LogP contribution < -0.4 is 10.2 Å². The third kappa shape index (κ3) is 4.62. The van der Waals surface area contributed by atoms with Crippen LogP contribution in [0.25, 0.3) is 0 Å². The molecule has 2 N–H and O–H groups in total. The summed E-state index contributed by atoms with van der Waals surface area (Å²) in [6.07, 6.45) is 9.06. The van der Waals surface area contributed by atoms with Gasteiger partial charge in [-0.3, -0.25) is 0 Å². The second-order valence-corrected chi connectivity index (χ2v) is 8.22. The Bertz CT molecular complexity index is 361. The predicted octanol–water partition coefficient (Wildman–Crippen LogP) is 2.58. The molecule has 2 aliphatic rings. The molecule has 4 heteroatoms. The lowest BCUT2D eigenvalue weighted by molar-refractivity contribution is -0.961. The number of amides is 2. The van der Waals surface area contributed by atoms with Crippen LogP contribution >= 0.6 is 0 Å². The fourth-order valence-corrected chi connectivity index (χ4v) is 4.86. The first kappa shape index (κ1) is 18.6. The summed E-state index contributed by atoms with van der Waals surface area (Å²) < 4.78 is 0. The van der Waals surface area contributed by atoms with Gasteiger partial charge in [-0.1, -0.05) is 13.3 Å². The van der Waals surface area contributed by atoms with Crippen LogP contribution in [0.2, 0.25) is 0 Å². The Hall–Kier alpha value is -0.770. The molecule has 2 aliphatic heterocycles. The molecular formula is C19H38N3O+. The van der Waals surface area contributed by atoms with E-state index in [9.17, 15) is 4.79 Å². The molecule has 134 valence electrons. The molecule has 2 rings (SSSR count). The van der Waals surface area contributed by atoms with Crippen LogP contribution in [0.5, 0.6) is 0 Å². The summed E-state index contributed by atoms with van der Waals surface area (Å²) in [4.78, 5) is 16.5. The summed E-state index contributed by atoms with van der Waals surface area (Å²) in [5.41, 5.74) is 0. The van der Waals surface area contributed by atoms with Crippen LogP contribution in [0.1, 0.15) is 79.6 Å². The maximum Gasteiger partial charge on any atom is 0.318 e. The molecule has 0 aromatic heterocycles. The Kier molecular flexibility index (Phi) is 6.75. The Balaban J connectivity index is 1.94. The number of hydrogen-bond acceptors (Lipinski definition) is 1. The molecule has 2 bridgehead atoms. The Morgan fingerprint density at radius 1 is 1.13 bits per heavy atom. The highest BCUT2D eigenvalue weighted by atomic mass is 16.2. The van der Waals surface area contributed by atoms with Gasteiger partial charge in [0.15, 0.2) is 0 Å². The molecule has 2 unspecified atom stereocenters. The SMILES string of the molecule is CCCC[NH+]1[C@@H]2CCC[C@H]1CC(NC(=O)N(C(C)C)C(C)C)C2. The van der Waals surface area contributed by atoms with Crippen LogP contribution in [0.4, 0.5) is 4.79 Å². The maximum atomic E-state index is 12.7. The fourth-order valence-electron chi connectivity index (χ4n) is 4.86. The highest BCUT2D eigenvalue weighted by Gasteiger charge is 2.42. The Morgan fingerprint density at radius 3 is 2.17 bits per heavy atom. The van der Waals surface area contributed by atoms with E-state index in [1.54, 1.807) is 0 Å². The van der Waals surface area contributed by atoms with Crippen molar-refractivity contribution in [2.45, 2.75) is 110 Å². The summed E-state index contributed by atoms with van der Waals surface area (Å²) >= 11 is 0. The molecule has 0 spiro atoms. The van der Waals surface area contributed by atoms with Crippen LogP contribution in [0, 0.1) is 0 Å². The summed E-state index contributed by atoms with van der Waals surface area (Å²) in [7, 11) is 0. The van der Waals surface area contributed by atoms with Crippen molar-refractivity contribution in [2.75, 3.05) is 6.54 Å². The van der Waals surface area contributed by atoms with E-state index >= 15 is 0 Å². The molecule has 0 aromatic rings. The molecule has 4 nitrogen and oxygen atoms in total. The highest BCUT2D eigenvalue weighted by molar-refractivity contribution is 5.75. The van der Waals surface area contributed by atoms with Gasteiger partial charge in [-0.25, -0.2) is 4.79 Å². The van der Waals surface area contributed by atoms with E-state index in [0.717, 1.165) is 12.1 Å². The fraction of sp³-hybridized carbons (Fsp3) is 0.947. The molecule has 2 saturated heterocycles. The monoisotopic (exact) mass is 324 g/mol. The van der Waals surface area contributed by atoms with Gasteiger partial charge < -0.3 is 15.1 Å². The second kappa shape index (κ2) is 8.36. The van der Waals surface area contributed by atoms with Crippen molar-refractivity contribution in [2.24, 2.45) is 0 Å². The lowest BCUT2D eigenvalue weighted by Gasteiger charge is -2.46. The van der Waals surface area contributed by atoms with E-state index in [1.165, 1.54) is 51.5 Å². The molecule has 2 heterocycles. The summed E-state index contributed by atoms with van der Waals surface area (Å²) in [6, 6.07) is 2.56. The van der Waals surface area contributed by atoms with E-state index in [-0.39, 0.29) is 18.1 Å². The predicted molar refractivity (Wildman–Crippen MR) is 95.8 cm³/mol. The average molecular weight is 325 g/mol. The van der Waals surface area contributed by atoms with Crippen LogP contribution in [-0.4, -0.2) is 47.7 Å². The van der Waals surface area contributed by atoms with E-state index in [4.69, 9.17) is 0 Å². The number of rotatable bonds is 6. The third-order valence-corrected chi connectivity index (χ3v) is 5.79. The van der Waals surface area contributed by atoms with Crippen molar-refractivity contribution >= 4 is 6.03 Å². The van der Waals surface area contributed by atoms with Crippen molar-refractivity contribution in [3.63, 3.8) is 0 Å². The number of hydrogen-bond donors (Lipinski definition) is 2. The average Bonchev–Trinajstić information content (AvgIpc) is 2.43. The smallest absolute Gasteiger partial charge is 0.318 e. The summed E-state index contributed by atoms with van der Waals surface area (Å²) in [5, 5.41) is 3.36. The number of nitrogens with one attached hydrogen (secondary N) is 2. The van der Waals surface area contributed by atoms with E-state index in [0.29, 0.717) is 6.04 Å². The number of unbranched alkanes of at least 4 members (excludes halogenated alkanes) is 1. The Morgan fingerprint density at radius 2 is 1.70 bits per heavy atom. The van der Waals surface area contributed by atoms with Gasteiger partial charge in [0.25, 0.3) is 0 Å². The van der Waals surface area contributed by atoms with Gasteiger partial charge in [-0.15, -0.1) is 0 Å². The van der Waals surface area contributed by atoms with Gasteiger partial charge in [0, 0.05) is 31.0 Å². The number of carbonyl (C=O) groups excluding carboxylic acids is 1. The van der Waals surface area contributed by atoms with Gasteiger partial charge in [-0.05, 0) is 53.4 Å². The number of urea groups is 1. The minimum absolute atomic E-state index is 0.134. The van der Waals surface area contributed by atoms with Crippen molar-refractivity contribution < 1.29 is 9.69 Å². The summed E-state index contributed by atoms with van der Waals surface area (Å²) in [6.45, 7) is 12.0. The zero-order valence-corrected chi connectivity index (χ0v) is 15.9. The molecule has 23 heavy (non-hydrogen) atoms. The largest absolute Gasteiger partial charge is 0.335 e. The highest BCUT2D eigenvalue weighted by Crippen LogP contribution is 2.23. The van der Waals surface area contributed by atoms with Gasteiger partial charge in [0.2, 0.25) is 0 Å². The maximum absolute atomic E-state index is 12.7. The summed E-state index contributed by atoms with van der Waals surface area (Å²) in [5.74, 6) is 0. The van der Waals surface area contributed by atoms with E-state index in [1.807, 2.05) is 9.80 Å². The number of piperidine rings is 2. The topological polar surface area (TPSA) is 36.8 Å². The standard InChI is InChI=1S/C19H37N3O/c1-6-7-11-21-17-9-8-10-18(21)13-16(12-17)20-19(23)22(14(2)3)15(4)5/h14-18H,6-13H2,1-5H3,(H,20,23)/p+1/t16?,17-,18+. The van der Waals surface area contributed by atoms with Crippen LogP contribution in [0.3, 0.4) is 0 Å². The zero-order chi connectivity index (χ0) is 17.0. The number of nitrogens with zero attached hydrogens (tertiary/aromatic N) is 1. The van der Waals surface area contributed by atoms with Crippen molar-refractivity contribution in [3.05, 3.63) is 0 Å². The Labute approximate surface area is 143 Å². The van der Waals surface area contributed by atoms with Crippen molar-refractivity contribution in [1.29, 1.82) is 0 Å².